The molecule has 0 unspecified atom stereocenters. The molecule has 0 spiro atoms. The summed E-state index contributed by atoms with van der Waals surface area (Å²) in [5.41, 5.74) is 3.87. The Bertz CT molecular complexity index is 993. The molecule has 0 aromatic heterocycles. The predicted molar refractivity (Wildman–Crippen MR) is 118 cm³/mol. The van der Waals surface area contributed by atoms with Gasteiger partial charge in [0, 0.05) is 22.8 Å². The largest absolute Gasteiger partial charge is 0.334 e. The molecule has 2 amide bonds. The van der Waals surface area contributed by atoms with Crippen LogP contribution in [0.25, 0.3) is 0 Å². The number of amidine groups is 1. The maximum atomic E-state index is 12.9. The summed E-state index contributed by atoms with van der Waals surface area (Å²) in [4.78, 5) is 33.6. The van der Waals surface area contributed by atoms with Crippen LogP contribution in [0.15, 0.2) is 47.5 Å². The molecule has 1 N–H and O–H groups in total. The minimum Gasteiger partial charge on any atom is -0.334 e. The van der Waals surface area contributed by atoms with Crippen LogP contribution in [0.3, 0.4) is 0 Å². The molecule has 1 saturated heterocycles. The van der Waals surface area contributed by atoms with Gasteiger partial charge in [-0.15, -0.1) is 0 Å². The predicted octanol–water partition coefficient (Wildman–Crippen LogP) is 4.02. The van der Waals surface area contributed by atoms with Gasteiger partial charge in [-0.05, 0) is 49.7 Å². The lowest BCUT2D eigenvalue weighted by Crippen LogP contribution is -2.46. The van der Waals surface area contributed by atoms with Crippen LogP contribution in [-0.4, -0.2) is 40.5 Å². The van der Waals surface area contributed by atoms with Crippen molar-refractivity contribution in [1.82, 2.24) is 4.90 Å². The van der Waals surface area contributed by atoms with Gasteiger partial charge in [0.25, 0.3) is 0 Å². The van der Waals surface area contributed by atoms with Crippen LogP contribution in [0.4, 0.5) is 11.4 Å². The molecule has 6 nitrogen and oxygen atoms in total. The molecule has 1 fully saturated rings. The molecule has 150 valence electrons. The minimum absolute atomic E-state index is 0.0804. The van der Waals surface area contributed by atoms with Gasteiger partial charge in [0.1, 0.15) is 18.6 Å². The standard InChI is InChI=1S/C21H21ClN4O2S/c1-13-3-8-17(14(2)9-13)24-19(27)10-18-20(28)26-12-25(11-23-21(26)29-18)16-6-4-15(22)5-7-16/h3-9,18H,10-12H2,1-2H3,(H,24,27)/t18-/m0/s1. The highest BCUT2D eigenvalue weighted by Gasteiger charge is 2.41. The van der Waals surface area contributed by atoms with Gasteiger partial charge in [-0.1, -0.05) is 41.1 Å². The van der Waals surface area contributed by atoms with Crippen LogP contribution >= 0.6 is 23.4 Å². The Morgan fingerprint density at radius 3 is 2.72 bits per heavy atom. The van der Waals surface area contributed by atoms with Crippen molar-refractivity contribution in [1.29, 1.82) is 0 Å². The molecule has 0 aliphatic carbocycles. The Morgan fingerprint density at radius 1 is 1.24 bits per heavy atom. The minimum atomic E-state index is -0.454. The molecule has 0 bridgehead atoms. The monoisotopic (exact) mass is 428 g/mol. The zero-order valence-electron chi connectivity index (χ0n) is 16.2. The number of benzene rings is 2. The number of nitrogens with zero attached hydrogens (tertiary/aromatic N) is 3. The summed E-state index contributed by atoms with van der Waals surface area (Å²) in [6.45, 7) is 4.85. The number of thioether (sulfide) groups is 1. The van der Waals surface area contributed by atoms with Crippen molar-refractivity contribution in [3.8, 4) is 0 Å². The van der Waals surface area contributed by atoms with Gasteiger partial charge in [-0.25, -0.2) is 4.99 Å². The summed E-state index contributed by atoms with van der Waals surface area (Å²) < 4.78 is 0. The number of anilines is 2. The summed E-state index contributed by atoms with van der Waals surface area (Å²) in [7, 11) is 0. The normalized spacial score (nSPS) is 18.5. The molecule has 29 heavy (non-hydrogen) atoms. The number of aliphatic imine (C=N–C) groups is 1. The van der Waals surface area contributed by atoms with E-state index in [2.05, 4.69) is 10.3 Å². The van der Waals surface area contributed by atoms with Crippen LogP contribution in [0.2, 0.25) is 5.02 Å². The summed E-state index contributed by atoms with van der Waals surface area (Å²) in [6.07, 6.45) is 0.118. The zero-order chi connectivity index (χ0) is 20.5. The highest BCUT2D eigenvalue weighted by molar-refractivity contribution is 8.15. The van der Waals surface area contributed by atoms with Gasteiger partial charge in [-0.3, -0.25) is 14.5 Å². The first-order valence-corrected chi connectivity index (χ1v) is 10.6. The molecule has 0 radical (unpaired) electrons. The van der Waals surface area contributed by atoms with Crippen molar-refractivity contribution in [2.24, 2.45) is 4.99 Å². The fourth-order valence-corrected chi connectivity index (χ4v) is 4.64. The van der Waals surface area contributed by atoms with Gasteiger partial charge >= 0.3 is 0 Å². The summed E-state index contributed by atoms with van der Waals surface area (Å²) in [6, 6.07) is 13.3. The lowest BCUT2D eigenvalue weighted by Gasteiger charge is -2.32. The third-order valence-corrected chi connectivity index (χ3v) is 6.39. The average Bonchev–Trinajstić information content (AvgIpc) is 3.00. The molecule has 2 aliphatic rings. The van der Waals surface area contributed by atoms with E-state index in [4.69, 9.17) is 11.6 Å². The first kappa shape index (κ1) is 19.8. The van der Waals surface area contributed by atoms with E-state index in [0.717, 1.165) is 22.5 Å². The Hall–Kier alpha value is -2.51. The highest BCUT2D eigenvalue weighted by Crippen LogP contribution is 2.33. The number of hydrogen-bond acceptors (Lipinski definition) is 5. The molecule has 4 rings (SSSR count). The molecule has 8 heteroatoms. The summed E-state index contributed by atoms with van der Waals surface area (Å²) >= 11 is 7.32. The average molecular weight is 429 g/mol. The molecular formula is C21H21ClN4O2S. The zero-order valence-corrected chi connectivity index (χ0v) is 17.8. The van der Waals surface area contributed by atoms with Gasteiger partial charge in [0.05, 0.1) is 0 Å². The summed E-state index contributed by atoms with van der Waals surface area (Å²) in [5.74, 6) is -0.249. The smallest absolute Gasteiger partial charge is 0.244 e. The van der Waals surface area contributed by atoms with Gasteiger partial charge in [0.2, 0.25) is 11.8 Å². The second kappa shape index (κ2) is 8.08. The Labute approximate surface area is 178 Å². The second-order valence-electron chi connectivity index (χ2n) is 7.18. The first-order chi connectivity index (χ1) is 13.9. The van der Waals surface area contributed by atoms with Crippen molar-refractivity contribution in [2.45, 2.75) is 25.5 Å². The lowest BCUT2D eigenvalue weighted by atomic mass is 10.1. The van der Waals surface area contributed by atoms with Crippen molar-refractivity contribution >= 4 is 51.7 Å². The number of rotatable bonds is 4. The second-order valence-corrected chi connectivity index (χ2v) is 8.79. The number of amides is 2. The molecule has 2 aromatic rings. The molecule has 1 atom stereocenters. The number of hydrogen-bond donors (Lipinski definition) is 1. The maximum absolute atomic E-state index is 12.9. The lowest BCUT2D eigenvalue weighted by molar-refractivity contribution is -0.128. The van der Waals surface area contributed by atoms with Gasteiger partial charge in [-0.2, -0.15) is 0 Å². The third kappa shape index (κ3) is 4.26. The van der Waals surface area contributed by atoms with Crippen LogP contribution in [0, 0.1) is 13.8 Å². The van der Waals surface area contributed by atoms with E-state index in [1.165, 1.54) is 11.8 Å². The van der Waals surface area contributed by atoms with Gasteiger partial charge in [0.15, 0.2) is 5.17 Å². The van der Waals surface area contributed by atoms with E-state index >= 15 is 0 Å². The van der Waals surface area contributed by atoms with Gasteiger partial charge < -0.3 is 10.2 Å². The quantitative estimate of drug-likeness (QED) is 0.798. The maximum Gasteiger partial charge on any atom is 0.244 e. The fourth-order valence-electron chi connectivity index (χ4n) is 3.39. The van der Waals surface area contributed by atoms with Crippen molar-refractivity contribution in [3.05, 3.63) is 58.6 Å². The number of aryl methyl sites for hydroxylation is 2. The molecule has 0 saturated carbocycles. The van der Waals surface area contributed by atoms with Crippen LogP contribution < -0.4 is 10.2 Å². The number of carbonyl (C=O) groups excluding carboxylic acids is 2. The van der Waals surface area contributed by atoms with Crippen LogP contribution in [-0.2, 0) is 9.59 Å². The third-order valence-electron chi connectivity index (χ3n) is 4.93. The SMILES string of the molecule is Cc1ccc(NC(=O)C[C@@H]2SC3=NCN(c4ccc(Cl)cc4)CN3C2=O)c(C)c1. The molecule has 2 aromatic carbocycles. The molecular weight excluding hydrogens is 408 g/mol. The van der Waals surface area contributed by atoms with E-state index in [9.17, 15) is 9.59 Å². The number of halogens is 1. The van der Waals surface area contributed by atoms with Crippen molar-refractivity contribution < 1.29 is 9.59 Å². The number of nitrogens with one attached hydrogen (secondary N) is 1. The Balaban J connectivity index is 1.40. The van der Waals surface area contributed by atoms with E-state index in [1.54, 1.807) is 4.90 Å². The van der Waals surface area contributed by atoms with E-state index in [-0.39, 0.29) is 18.2 Å². The van der Waals surface area contributed by atoms with E-state index < -0.39 is 5.25 Å². The highest BCUT2D eigenvalue weighted by atomic mass is 35.5. The Kier molecular flexibility index (Phi) is 5.52. The number of carbonyl (C=O) groups is 2. The first-order valence-electron chi connectivity index (χ1n) is 9.31. The van der Waals surface area contributed by atoms with Crippen molar-refractivity contribution in [2.75, 3.05) is 23.6 Å². The summed E-state index contributed by atoms with van der Waals surface area (Å²) in [5, 5.41) is 3.82. The van der Waals surface area contributed by atoms with E-state index in [1.807, 2.05) is 61.2 Å². The van der Waals surface area contributed by atoms with Crippen molar-refractivity contribution in [3.63, 3.8) is 0 Å². The Morgan fingerprint density at radius 2 is 2.00 bits per heavy atom. The van der Waals surface area contributed by atoms with E-state index in [0.29, 0.717) is 23.5 Å². The van der Waals surface area contributed by atoms with Crippen LogP contribution in [0.1, 0.15) is 17.5 Å². The number of fused-ring (bicyclic) bond motifs is 1. The van der Waals surface area contributed by atoms with Crippen LogP contribution in [0.5, 0.6) is 0 Å². The molecule has 2 heterocycles. The molecule has 2 aliphatic heterocycles. The topological polar surface area (TPSA) is 65.0 Å². The fraction of sp³-hybridized carbons (Fsp3) is 0.286.